The van der Waals surface area contributed by atoms with Crippen molar-refractivity contribution in [2.45, 2.75) is 19.3 Å². The zero-order chi connectivity index (χ0) is 10.3. The fourth-order valence-electron chi connectivity index (χ4n) is 1.87. The van der Waals surface area contributed by atoms with Crippen LogP contribution in [0.1, 0.15) is 25.1 Å². The summed E-state index contributed by atoms with van der Waals surface area (Å²) in [5, 5.41) is 0. The summed E-state index contributed by atoms with van der Waals surface area (Å²) >= 11 is 0. The molecule has 0 saturated carbocycles. The second kappa shape index (κ2) is 3.05. The van der Waals surface area contributed by atoms with E-state index >= 15 is 0 Å². The third-order valence-electron chi connectivity index (χ3n) is 2.64. The van der Waals surface area contributed by atoms with Gasteiger partial charge >= 0.3 is 0 Å². The van der Waals surface area contributed by atoms with Gasteiger partial charge in [0.2, 0.25) is 0 Å². The van der Waals surface area contributed by atoms with E-state index in [0.717, 1.165) is 24.2 Å². The number of nitrogens with zero attached hydrogens (tertiary/aromatic N) is 3. The van der Waals surface area contributed by atoms with Crippen LogP contribution in [0.2, 0.25) is 0 Å². The number of anilines is 1. The maximum absolute atomic E-state index is 5.82. The summed E-state index contributed by atoms with van der Waals surface area (Å²) in [5.41, 5.74) is 8.37. The molecule has 0 radical (unpaired) electrons. The van der Waals surface area contributed by atoms with E-state index < -0.39 is 0 Å². The normalized spacial score (nSPS) is 15.9. The molecule has 2 heterocycles. The molecule has 1 aliphatic rings. The lowest BCUT2D eigenvalue weighted by molar-refractivity contribution is 0.929. The fourth-order valence-corrected chi connectivity index (χ4v) is 1.87. The number of allylic oxidation sites excluding steroid dienone is 2. The number of rotatable bonds is 1. The third-order valence-corrected chi connectivity index (χ3v) is 2.64. The van der Waals surface area contributed by atoms with E-state index in [1.165, 1.54) is 12.0 Å². The first kappa shape index (κ1) is 8.40. The second-order valence-electron chi connectivity index (χ2n) is 3.66. The lowest BCUT2D eigenvalue weighted by atomic mass is 10.2. The summed E-state index contributed by atoms with van der Waals surface area (Å²) in [4.78, 5) is 15.7. The molecule has 0 amide bonds. The number of nitrogen functional groups attached to an aromatic ring is 1. The standard InChI is InChI=1S/C10H11N5/c11-8-7-10(13-5-12-7)15-9(14-8)6-3-1-2-4-6/h3,5H,1-2,4H2,(H3,11,12,13,14,15). The van der Waals surface area contributed by atoms with Gasteiger partial charge in [0, 0.05) is 0 Å². The molecule has 0 unspecified atom stereocenters. The number of H-pyrrole nitrogens is 1. The first-order valence-corrected chi connectivity index (χ1v) is 5.00. The number of nitrogens with one attached hydrogen (secondary N) is 1. The Bertz CT molecular complexity index is 540. The molecule has 0 atom stereocenters. The van der Waals surface area contributed by atoms with Crippen LogP contribution in [0.25, 0.3) is 16.7 Å². The Balaban J connectivity index is 2.19. The van der Waals surface area contributed by atoms with Crippen LogP contribution in [-0.4, -0.2) is 19.9 Å². The van der Waals surface area contributed by atoms with Crippen molar-refractivity contribution in [2.24, 2.45) is 0 Å². The van der Waals surface area contributed by atoms with Crippen LogP contribution >= 0.6 is 0 Å². The van der Waals surface area contributed by atoms with Crippen LogP contribution in [-0.2, 0) is 0 Å². The monoisotopic (exact) mass is 201 g/mol. The Hall–Kier alpha value is -1.91. The molecule has 0 aliphatic heterocycles. The van der Waals surface area contributed by atoms with E-state index in [2.05, 4.69) is 26.0 Å². The molecule has 2 aromatic rings. The predicted molar refractivity (Wildman–Crippen MR) is 57.9 cm³/mol. The first-order chi connectivity index (χ1) is 7.34. The van der Waals surface area contributed by atoms with Crippen LogP contribution in [0.5, 0.6) is 0 Å². The molecule has 0 bridgehead atoms. The van der Waals surface area contributed by atoms with Crippen molar-refractivity contribution in [1.82, 2.24) is 19.9 Å². The van der Waals surface area contributed by atoms with Gasteiger partial charge in [-0.2, -0.15) is 0 Å². The van der Waals surface area contributed by atoms with Gasteiger partial charge in [0.15, 0.2) is 17.3 Å². The summed E-state index contributed by atoms with van der Waals surface area (Å²) in [6, 6.07) is 0. The number of nitrogens with two attached hydrogens (primary N) is 1. The summed E-state index contributed by atoms with van der Waals surface area (Å²) in [6.45, 7) is 0. The maximum atomic E-state index is 5.82. The molecule has 0 fully saturated rings. The largest absolute Gasteiger partial charge is 0.382 e. The van der Waals surface area contributed by atoms with Gasteiger partial charge < -0.3 is 10.7 Å². The van der Waals surface area contributed by atoms with Crippen LogP contribution in [0.4, 0.5) is 5.82 Å². The number of hydrogen-bond donors (Lipinski definition) is 2. The Kier molecular flexibility index (Phi) is 1.71. The van der Waals surface area contributed by atoms with Gasteiger partial charge in [0.25, 0.3) is 0 Å². The van der Waals surface area contributed by atoms with Crippen molar-refractivity contribution in [3.63, 3.8) is 0 Å². The molecule has 1 aliphatic carbocycles. The van der Waals surface area contributed by atoms with E-state index in [1.54, 1.807) is 6.33 Å². The Labute approximate surface area is 86.5 Å². The molecule has 5 heteroatoms. The summed E-state index contributed by atoms with van der Waals surface area (Å²) in [7, 11) is 0. The van der Waals surface area contributed by atoms with Gasteiger partial charge in [0.05, 0.1) is 6.33 Å². The number of imidazole rings is 1. The highest BCUT2D eigenvalue weighted by Gasteiger charge is 2.13. The van der Waals surface area contributed by atoms with Crippen molar-refractivity contribution in [1.29, 1.82) is 0 Å². The average molecular weight is 201 g/mol. The van der Waals surface area contributed by atoms with E-state index in [0.29, 0.717) is 11.5 Å². The van der Waals surface area contributed by atoms with Gasteiger partial charge in [-0.25, -0.2) is 15.0 Å². The molecule has 0 saturated heterocycles. The molecule has 5 nitrogen and oxygen atoms in total. The quantitative estimate of drug-likeness (QED) is 0.732. The third kappa shape index (κ3) is 1.27. The van der Waals surface area contributed by atoms with E-state index in [-0.39, 0.29) is 0 Å². The molecular weight excluding hydrogens is 190 g/mol. The molecule has 15 heavy (non-hydrogen) atoms. The predicted octanol–water partition coefficient (Wildman–Crippen LogP) is 1.50. The summed E-state index contributed by atoms with van der Waals surface area (Å²) < 4.78 is 0. The van der Waals surface area contributed by atoms with Gasteiger partial charge in [-0.3, -0.25) is 0 Å². The maximum Gasteiger partial charge on any atom is 0.183 e. The molecule has 3 N–H and O–H groups in total. The zero-order valence-corrected chi connectivity index (χ0v) is 8.20. The minimum absolute atomic E-state index is 0.473. The molecule has 0 spiro atoms. The number of aromatic amines is 1. The lowest BCUT2D eigenvalue weighted by Crippen LogP contribution is -1.99. The number of fused-ring (bicyclic) bond motifs is 1. The molecule has 0 aromatic carbocycles. The molecular formula is C10H11N5. The number of hydrogen-bond acceptors (Lipinski definition) is 4. The highest BCUT2D eigenvalue weighted by molar-refractivity contribution is 5.82. The van der Waals surface area contributed by atoms with E-state index in [4.69, 9.17) is 5.73 Å². The van der Waals surface area contributed by atoms with Gasteiger partial charge in [-0.15, -0.1) is 0 Å². The zero-order valence-electron chi connectivity index (χ0n) is 8.20. The van der Waals surface area contributed by atoms with Crippen molar-refractivity contribution in [3.8, 4) is 0 Å². The summed E-state index contributed by atoms with van der Waals surface area (Å²) in [5.74, 6) is 1.20. The van der Waals surface area contributed by atoms with Crippen molar-refractivity contribution in [2.75, 3.05) is 5.73 Å². The Morgan fingerprint density at radius 1 is 1.33 bits per heavy atom. The lowest BCUT2D eigenvalue weighted by Gasteiger charge is -2.01. The minimum atomic E-state index is 0.473. The van der Waals surface area contributed by atoms with Gasteiger partial charge in [-0.1, -0.05) is 6.08 Å². The first-order valence-electron chi connectivity index (χ1n) is 5.00. The van der Waals surface area contributed by atoms with E-state index in [9.17, 15) is 0 Å². The van der Waals surface area contributed by atoms with Crippen LogP contribution < -0.4 is 5.73 Å². The minimum Gasteiger partial charge on any atom is -0.382 e. The molecule has 3 rings (SSSR count). The Morgan fingerprint density at radius 3 is 3.07 bits per heavy atom. The highest BCUT2D eigenvalue weighted by atomic mass is 15.0. The fraction of sp³-hybridized carbons (Fsp3) is 0.300. The molecule has 76 valence electrons. The average Bonchev–Trinajstić information content (AvgIpc) is 2.88. The summed E-state index contributed by atoms with van der Waals surface area (Å²) in [6.07, 6.45) is 7.08. The number of aromatic nitrogens is 4. The highest BCUT2D eigenvalue weighted by Crippen LogP contribution is 2.26. The van der Waals surface area contributed by atoms with Crippen molar-refractivity contribution in [3.05, 3.63) is 18.2 Å². The molecule has 2 aromatic heterocycles. The van der Waals surface area contributed by atoms with Crippen molar-refractivity contribution < 1.29 is 0 Å². The SMILES string of the molecule is Nc1nc(C2=CCCC2)nc2nc[nH]c12. The van der Waals surface area contributed by atoms with Crippen LogP contribution in [0, 0.1) is 0 Å². The van der Waals surface area contributed by atoms with Crippen LogP contribution in [0.3, 0.4) is 0 Å². The van der Waals surface area contributed by atoms with Gasteiger partial charge in [0.1, 0.15) is 5.52 Å². The van der Waals surface area contributed by atoms with Crippen LogP contribution in [0.15, 0.2) is 12.4 Å². The topological polar surface area (TPSA) is 80.5 Å². The Morgan fingerprint density at radius 2 is 2.27 bits per heavy atom. The smallest absolute Gasteiger partial charge is 0.183 e. The van der Waals surface area contributed by atoms with E-state index in [1.807, 2.05) is 0 Å². The van der Waals surface area contributed by atoms with Crippen molar-refractivity contribution >= 4 is 22.6 Å². The second-order valence-corrected chi connectivity index (χ2v) is 3.66. The van der Waals surface area contributed by atoms with Gasteiger partial charge in [-0.05, 0) is 24.8 Å².